The minimum Gasteiger partial charge on any atom is -0.323 e. The number of halogens is 7. The predicted molar refractivity (Wildman–Crippen MR) is 75.8 cm³/mol. The van der Waals surface area contributed by atoms with Crippen LogP contribution in [0.4, 0.5) is 36.8 Å². The summed E-state index contributed by atoms with van der Waals surface area (Å²) in [5.41, 5.74) is 0.224. The molecule has 1 N–H and O–H groups in total. The van der Waals surface area contributed by atoms with Crippen LogP contribution in [0.1, 0.15) is 6.42 Å². The zero-order chi connectivity index (χ0) is 18.1. The average molecular weight is 375 g/mol. The van der Waals surface area contributed by atoms with Crippen molar-refractivity contribution in [3.63, 3.8) is 0 Å². The number of alkyl halides is 6. The molecule has 0 spiro atoms. The van der Waals surface area contributed by atoms with E-state index in [9.17, 15) is 31.1 Å². The van der Waals surface area contributed by atoms with Crippen LogP contribution in [-0.2, 0) is 0 Å². The van der Waals surface area contributed by atoms with Crippen molar-refractivity contribution in [1.29, 1.82) is 0 Å². The van der Waals surface area contributed by atoms with Crippen LogP contribution in [0.25, 0.3) is 0 Å². The van der Waals surface area contributed by atoms with Crippen molar-refractivity contribution in [3.8, 4) is 0 Å². The predicted octanol–water partition coefficient (Wildman–Crippen LogP) is 4.93. The molecule has 0 unspecified atom stereocenters. The lowest BCUT2D eigenvalue weighted by Crippen LogP contribution is -2.52. The molecule has 1 heterocycles. The van der Waals surface area contributed by atoms with Crippen molar-refractivity contribution in [2.45, 2.75) is 18.8 Å². The largest absolute Gasteiger partial charge is 0.393 e. The van der Waals surface area contributed by atoms with Crippen molar-refractivity contribution in [1.82, 2.24) is 4.90 Å². The van der Waals surface area contributed by atoms with Gasteiger partial charge in [-0.3, -0.25) is 0 Å². The molecule has 1 aliphatic rings. The lowest BCUT2D eigenvalue weighted by molar-refractivity contribution is -0.226. The molecule has 2 rings (SSSR count). The first-order chi connectivity index (χ1) is 11.0. The van der Waals surface area contributed by atoms with Crippen molar-refractivity contribution < 1.29 is 31.1 Å². The summed E-state index contributed by atoms with van der Waals surface area (Å²) < 4.78 is 77.2. The van der Waals surface area contributed by atoms with E-state index in [1.54, 1.807) is 0 Å². The maximum absolute atomic E-state index is 12.9. The smallest absolute Gasteiger partial charge is 0.323 e. The molecular weight excluding hydrogens is 362 g/mol. The van der Waals surface area contributed by atoms with Gasteiger partial charge in [-0.1, -0.05) is 11.6 Å². The first-order valence-electron chi connectivity index (χ1n) is 6.91. The molecular formula is C14H13ClF6N2O. The number of piperidine rings is 1. The van der Waals surface area contributed by atoms with E-state index in [2.05, 4.69) is 5.32 Å². The second-order valence-electron chi connectivity index (χ2n) is 5.55. The molecule has 1 aliphatic heterocycles. The molecule has 3 nitrogen and oxygen atoms in total. The fourth-order valence-electron chi connectivity index (χ4n) is 2.47. The quantitative estimate of drug-likeness (QED) is 0.694. The van der Waals surface area contributed by atoms with Crippen LogP contribution in [0.2, 0.25) is 5.02 Å². The highest BCUT2D eigenvalue weighted by Gasteiger charge is 2.52. The Morgan fingerprint density at radius 3 is 1.88 bits per heavy atom. The lowest BCUT2D eigenvalue weighted by Gasteiger charge is -2.39. The number of anilines is 1. The molecule has 0 aromatic heterocycles. The third-order valence-electron chi connectivity index (χ3n) is 3.76. The topological polar surface area (TPSA) is 32.3 Å². The van der Waals surface area contributed by atoms with Gasteiger partial charge in [0.25, 0.3) is 0 Å². The fourth-order valence-corrected chi connectivity index (χ4v) is 2.60. The summed E-state index contributed by atoms with van der Waals surface area (Å²) in [6.07, 6.45) is -10.7. The van der Waals surface area contributed by atoms with Gasteiger partial charge in [0, 0.05) is 23.8 Å². The van der Waals surface area contributed by atoms with Gasteiger partial charge in [-0.2, -0.15) is 26.3 Å². The van der Waals surface area contributed by atoms with E-state index in [1.165, 1.54) is 24.3 Å². The lowest BCUT2D eigenvalue weighted by atomic mass is 9.88. The summed E-state index contributed by atoms with van der Waals surface area (Å²) in [6, 6.07) is 4.65. The van der Waals surface area contributed by atoms with E-state index in [4.69, 9.17) is 11.6 Å². The SMILES string of the molecule is O=C(Nc1ccc(Cl)cc1)N1C[C@@H](C(F)(F)F)C[C@H](C(F)(F)F)C1. The molecule has 0 radical (unpaired) electrons. The van der Waals surface area contributed by atoms with Crippen LogP contribution in [0.15, 0.2) is 24.3 Å². The van der Waals surface area contributed by atoms with Gasteiger partial charge in [-0.05, 0) is 30.7 Å². The van der Waals surface area contributed by atoms with Gasteiger partial charge in [0.1, 0.15) is 0 Å². The number of hydrogen-bond donors (Lipinski definition) is 1. The van der Waals surface area contributed by atoms with Gasteiger partial charge in [0.05, 0.1) is 11.8 Å². The molecule has 0 bridgehead atoms. The fraction of sp³-hybridized carbons (Fsp3) is 0.500. The number of likely N-dealkylation sites (tertiary alicyclic amines) is 1. The molecule has 2 atom stereocenters. The van der Waals surface area contributed by atoms with Gasteiger partial charge in [0.2, 0.25) is 0 Å². The monoisotopic (exact) mass is 374 g/mol. The summed E-state index contributed by atoms with van der Waals surface area (Å²) in [4.78, 5) is 12.6. The highest BCUT2D eigenvalue weighted by molar-refractivity contribution is 6.30. The zero-order valence-corrected chi connectivity index (χ0v) is 12.8. The number of nitrogens with one attached hydrogen (secondary N) is 1. The van der Waals surface area contributed by atoms with E-state index < -0.39 is 49.7 Å². The number of carbonyl (C=O) groups is 1. The van der Waals surface area contributed by atoms with Crippen LogP contribution in [0, 0.1) is 11.8 Å². The number of hydrogen-bond acceptors (Lipinski definition) is 1. The number of carbonyl (C=O) groups excluding carboxylic acids is 1. The maximum atomic E-state index is 12.9. The normalized spacial score (nSPS) is 22.4. The van der Waals surface area contributed by atoms with Crippen molar-refractivity contribution in [3.05, 3.63) is 29.3 Å². The minimum atomic E-state index is -4.80. The summed E-state index contributed by atoms with van der Waals surface area (Å²) in [5, 5.41) is 2.65. The molecule has 10 heteroatoms. The van der Waals surface area contributed by atoms with Crippen molar-refractivity contribution in [2.75, 3.05) is 18.4 Å². The second-order valence-corrected chi connectivity index (χ2v) is 5.99. The molecule has 1 aromatic carbocycles. The van der Waals surface area contributed by atoms with Crippen LogP contribution >= 0.6 is 11.6 Å². The standard InChI is InChI=1S/C14H13ClF6N2O/c15-10-1-3-11(4-2-10)22-12(24)23-6-8(13(16,17)18)5-9(7-23)14(19,20)21/h1-4,8-9H,5-7H2,(H,22,24)/t8-,9-/m0/s1. The molecule has 0 saturated carbocycles. The Morgan fingerprint density at radius 2 is 1.46 bits per heavy atom. The number of rotatable bonds is 1. The third-order valence-corrected chi connectivity index (χ3v) is 4.01. The highest BCUT2D eigenvalue weighted by atomic mass is 35.5. The Hall–Kier alpha value is -1.64. The number of nitrogens with zero attached hydrogens (tertiary/aromatic N) is 1. The van der Waals surface area contributed by atoms with Crippen LogP contribution in [0.5, 0.6) is 0 Å². The molecule has 2 amide bonds. The molecule has 134 valence electrons. The maximum Gasteiger partial charge on any atom is 0.393 e. The Morgan fingerprint density at radius 1 is 1.00 bits per heavy atom. The Labute approximate surface area is 138 Å². The second kappa shape index (κ2) is 6.70. The van der Waals surface area contributed by atoms with Gasteiger partial charge in [-0.25, -0.2) is 4.79 Å². The van der Waals surface area contributed by atoms with Gasteiger partial charge >= 0.3 is 18.4 Å². The Bertz CT molecular complexity index is 564. The van der Waals surface area contributed by atoms with Crippen LogP contribution < -0.4 is 5.32 Å². The van der Waals surface area contributed by atoms with E-state index in [0.29, 0.717) is 9.92 Å². The van der Waals surface area contributed by atoms with E-state index in [-0.39, 0.29) is 5.69 Å². The van der Waals surface area contributed by atoms with E-state index in [1.807, 2.05) is 0 Å². The van der Waals surface area contributed by atoms with E-state index >= 15 is 0 Å². The van der Waals surface area contributed by atoms with Crippen molar-refractivity contribution >= 4 is 23.3 Å². The summed E-state index contributed by atoms with van der Waals surface area (Å²) in [7, 11) is 0. The Kier molecular flexibility index (Phi) is 5.22. The number of benzene rings is 1. The summed E-state index contributed by atoms with van der Waals surface area (Å²) in [5.74, 6) is -4.43. The zero-order valence-electron chi connectivity index (χ0n) is 12.1. The van der Waals surface area contributed by atoms with Gasteiger partial charge in [-0.15, -0.1) is 0 Å². The Balaban J connectivity index is 2.14. The first-order valence-corrected chi connectivity index (χ1v) is 7.29. The van der Waals surface area contributed by atoms with Gasteiger partial charge in [0.15, 0.2) is 0 Å². The van der Waals surface area contributed by atoms with E-state index in [0.717, 1.165) is 0 Å². The van der Waals surface area contributed by atoms with Crippen LogP contribution in [-0.4, -0.2) is 36.4 Å². The molecule has 1 saturated heterocycles. The minimum absolute atomic E-state index is 0.224. The third kappa shape index (κ3) is 4.68. The molecule has 0 aliphatic carbocycles. The number of amides is 2. The van der Waals surface area contributed by atoms with Gasteiger partial charge < -0.3 is 10.2 Å². The highest BCUT2D eigenvalue weighted by Crippen LogP contribution is 2.41. The first kappa shape index (κ1) is 18.7. The average Bonchev–Trinajstić information content (AvgIpc) is 2.47. The number of urea groups is 1. The molecule has 24 heavy (non-hydrogen) atoms. The summed E-state index contributed by atoms with van der Waals surface area (Å²) >= 11 is 5.66. The van der Waals surface area contributed by atoms with Crippen LogP contribution in [0.3, 0.4) is 0 Å². The molecule has 1 fully saturated rings. The molecule has 1 aromatic rings. The van der Waals surface area contributed by atoms with Crippen molar-refractivity contribution in [2.24, 2.45) is 11.8 Å². The summed E-state index contributed by atoms with van der Waals surface area (Å²) in [6.45, 7) is -1.62.